The van der Waals surface area contributed by atoms with Crippen LogP contribution in [0.2, 0.25) is 0 Å². The van der Waals surface area contributed by atoms with Crippen molar-refractivity contribution in [1.82, 2.24) is 0 Å². The van der Waals surface area contributed by atoms with Gasteiger partial charge in [0, 0.05) is 0 Å². The number of benzene rings is 1. The summed E-state index contributed by atoms with van der Waals surface area (Å²) in [5, 5.41) is 0. The number of hydrogen-bond donors (Lipinski definition) is 0. The smallest absolute Gasteiger partial charge is 0.744 e. The topological polar surface area (TPSA) is 57.2 Å². The summed E-state index contributed by atoms with van der Waals surface area (Å²) >= 11 is 0. The molecule has 5 heteroatoms. The van der Waals surface area contributed by atoms with Gasteiger partial charge in [0.25, 0.3) is 0 Å². The molecule has 1 rings (SSSR count). The Hall–Kier alpha value is 1.18. The molecule has 0 heterocycles. The minimum Gasteiger partial charge on any atom is -0.744 e. The maximum Gasteiger partial charge on any atom is 1.00 e. The van der Waals surface area contributed by atoms with Crippen molar-refractivity contribution >= 4 is 10.1 Å². The SMILES string of the molecule is Cc1cc(C)c(S(=O)(=O)[O-])c(C)c1.[Cs+]. The van der Waals surface area contributed by atoms with Crippen LogP contribution < -0.4 is 68.9 Å². The first-order valence-electron chi connectivity index (χ1n) is 3.86. The molecule has 14 heavy (non-hydrogen) atoms. The molecule has 0 spiro atoms. The summed E-state index contributed by atoms with van der Waals surface area (Å²) in [4.78, 5) is -0.0851. The second-order valence-corrected chi connectivity index (χ2v) is 4.50. The van der Waals surface area contributed by atoms with E-state index in [1.54, 1.807) is 26.0 Å². The largest absolute Gasteiger partial charge is 1.00 e. The molecule has 0 aromatic heterocycles. The van der Waals surface area contributed by atoms with Gasteiger partial charge in [0.1, 0.15) is 10.1 Å². The van der Waals surface area contributed by atoms with Crippen LogP contribution in [0.4, 0.5) is 0 Å². The molecule has 0 saturated carbocycles. The van der Waals surface area contributed by atoms with Crippen molar-refractivity contribution in [1.29, 1.82) is 0 Å². The summed E-state index contributed by atoms with van der Waals surface area (Å²) in [6, 6.07) is 3.38. The van der Waals surface area contributed by atoms with E-state index in [-0.39, 0.29) is 73.8 Å². The predicted molar refractivity (Wildman–Crippen MR) is 48.6 cm³/mol. The van der Waals surface area contributed by atoms with E-state index in [1.165, 1.54) is 0 Å². The molecule has 0 unspecified atom stereocenters. The molecule has 0 atom stereocenters. The van der Waals surface area contributed by atoms with Crippen LogP contribution in [-0.4, -0.2) is 13.0 Å². The molecule has 1 aromatic rings. The first-order valence-corrected chi connectivity index (χ1v) is 5.27. The van der Waals surface area contributed by atoms with Crippen molar-refractivity contribution in [2.45, 2.75) is 25.7 Å². The van der Waals surface area contributed by atoms with Gasteiger partial charge in [-0.1, -0.05) is 17.7 Å². The molecule has 3 nitrogen and oxygen atoms in total. The average Bonchev–Trinajstić information content (AvgIpc) is 1.78. The van der Waals surface area contributed by atoms with Crippen LogP contribution in [0.3, 0.4) is 0 Å². The number of rotatable bonds is 1. The van der Waals surface area contributed by atoms with E-state index < -0.39 is 10.1 Å². The van der Waals surface area contributed by atoms with Gasteiger partial charge >= 0.3 is 68.9 Å². The molecular weight excluding hydrogens is 321 g/mol. The minimum absolute atomic E-state index is 0. The number of hydrogen-bond acceptors (Lipinski definition) is 3. The first kappa shape index (κ1) is 15.2. The van der Waals surface area contributed by atoms with Crippen LogP contribution in [-0.2, 0) is 10.1 Å². The predicted octanol–water partition coefficient (Wildman–Crippen LogP) is -1.48. The monoisotopic (exact) mass is 332 g/mol. The van der Waals surface area contributed by atoms with Crippen molar-refractivity contribution in [2.24, 2.45) is 0 Å². The maximum absolute atomic E-state index is 10.8. The zero-order valence-corrected chi connectivity index (χ0v) is 15.9. The van der Waals surface area contributed by atoms with Crippen molar-refractivity contribution in [3.8, 4) is 0 Å². The third-order valence-electron chi connectivity index (χ3n) is 1.85. The van der Waals surface area contributed by atoms with Gasteiger partial charge in [0.15, 0.2) is 0 Å². The molecule has 0 radical (unpaired) electrons. The third-order valence-corrected chi connectivity index (χ3v) is 3.00. The molecule has 0 bridgehead atoms. The molecule has 0 fully saturated rings. The first-order chi connectivity index (χ1) is 5.82. The van der Waals surface area contributed by atoms with Crippen LogP contribution in [0, 0.1) is 20.8 Å². The fourth-order valence-corrected chi connectivity index (χ4v) is 2.47. The summed E-state index contributed by atoms with van der Waals surface area (Å²) in [5.41, 5.74) is 2.00. The summed E-state index contributed by atoms with van der Waals surface area (Å²) in [7, 11) is -4.33. The second-order valence-electron chi connectivity index (χ2n) is 3.18. The van der Waals surface area contributed by atoms with E-state index >= 15 is 0 Å². The molecule has 0 aliphatic rings. The van der Waals surface area contributed by atoms with Gasteiger partial charge < -0.3 is 4.55 Å². The zero-order chi connectivity index (χ0) is 10.2. The van der Waals surface area contributed by atoms with Gasteiger partial charge in [-0.05, 0) is 31.9 Å². The normalized spacial score (nSPS) is 10.9. The van der Waals surface area contributed by atoms with E-state index in [4.69, 9.17) is 0 Å². The van der Waals surface area contributed by atoms with Crippen LogP contribution in [0.15, 0.2) is 17.0 Å². The molecule has 0 aliphatic carbocycles. The Kier molecular flexibility index (Phi) is 5.96. The Morgan fingerprint density at radius 3 is 1.71 bits per heavy atom. The van der Waals surface area contributed by atoms with Gasteiger partial charge in [0.05, 0.1) is 4.90 Å². The van der Waals surface area contributed by atoms with Crippen LogP contribution in [0.5, 0.6) is 0 Å². The van der Waals surface area contributed by atoms with Gasteiger partial charge in [0.2, 0.25) is 0 Å². The zero-order valence-electron chi connectivity index (χ0n) is 8.79. The number of aryl methyl sites for hydroxylation is 3. The summed E-state index contributed by atoms with van der Waals surface area (Å²) in [6.07, 6.45) is 0. The molecule has 0 amide bonds. The maximum atomic E-state index is 10.8. The van der Waals surface area contributed by atoms with Crippen molar-refractivity contribution in [3.05, 3.63) is 28.8 Å². The third kappa shape index (κ3) is 3.64. The Morgan fingerprint density at radius 2 is 1.43 bits per heavy atom. The van der Waals surface area contributed by atoms with E-state index in [1.807, 2.05) is 6.92 Å². The Balaban J connectivity index is 0.00000169. The van der Waals surface area contributed by atoms with Crippen LogP contribution in [0.1, 0.15) is 16.7 Å². The van der Waals surface area contributed by atoms with E-state index in [2.05, 4.69) is 0 Å². The van der Waals surface area contributed by atoms with Crippen molar-refractivity contribution in [2.75, 3.05) is 0 Å². The molecule has 1 aromatic carbocycles. The van der Waals surface area contributed by atoms with E-state index in [0.717, 1.165) is 5.56 Å². The Labute approximate surface area is 143 Å². The molecular formula is C9H11CsO3S. The quantitative estimate of drug-likeness (QED) is 0.590. The Bertz CT molecular complexity index is 414. The van der Waals surface area contributed by atoms with Gasteiger partial charge in [-0.3, -0.25) is 0 Å². The summed E-state index contributed by atoms with van der Waals surface area (Å²) in [6.45, 7) is 5.12. The second kappa shape index (κ2) is 5.49. The fourth-order valence-electron chi connectivity index (χ4n) is 1.56. The van der Waals surface area contributed by atoms with Crippen LogP contribution in [0.25, 0.3) is 0 Å². The van der Waals surface area contributed by atoms with Crippen molar-refractivity contribution < 1.29 is 81.9 Å². The van der Waals surface area contributed by atoms with Crippen molar-refractivity contribution in [3.63, 3.8) is 0 Å². The molecule has 72 valence electrons. The minimum atomic E-state index is -4.33. The summed E-state index contributed by atoms with van der Waals surface area (Å²) < 4.78 is 32.5. The van der Waals surface area contributed by atoms with E-state index in [9.17, 15) is 13.0 Å². The van der Waals surface area contributed by atoms with E-state index in [0.29, 0.717) is 11.1 Å². The standard InChI is InChI=1S/C9H12O3S.Cs/c1-6-4-7(2)9(8(3)5-6)13(10,11)12;/h4-5H,1-3H3,(H,10,11,12);/q;+1/p-1. The molecule has 0 saturated heterocycles. The molecule has 0 aliphatic heterocycles. The Morgan fingerprint density at radius 1 is 1.07 bits per heavy atom. The van der Waals surface area contributed by atoms with Gasteiger partial charge in [-0.25, -0.2) is 8.42 Å². The summed E-state index contributed by atoms with van der Waals surface area (Å²) in [5.74, 6) is 0. The fraction of sp³-hybridized carbons (Fsp3) is 0.333. The van der Waals surface area contributed by atoms with Crippen LogP contribution >= 0.6 is 0 Å². The average molecular weight is 332 g/mol. The van der Waals surface area contributed by atoms with Gasteiger partial charge in [-0.15, -0.1) is 0 Å². The molecule has 0 N–H and O–H groups in total. The van der Waals surface area contributed by atoms with Gasteiger partial charge in [-0.2, -0.15) is 0 Å².